The van der Waals surface area contributed by atoms with E-state index >= 15 is 0 Å². The maximum atomic E-state index is 13.2. The van der Waals surface area contributed by atoms with Crippen LogP contribution in [0.4, 0.5) is 0 Å². The summed E-state index contributed by atoms with van der Waals surface area (Å²) in [6.45, 7) is 0. The molecule has 0 aliphatic carbocycles. The van der Waals surface area contributed by atoms with Gasteiger partial charge in [0, 0.05) is 6.07 Å². The maximum absolute atomic E-state index is 13.2. The van der Waals surface area contributed by atoms with Crippen LogP contribution in [0.5, 0.6) is 5.75 Å². The smallest absolute Gasteiger partial charge is 0.198 e. The zero-order chi connectivity index (χ0) is 19.0. The van der Waals surface area contributed by atoms with Gasteiger partial charge in [0.05, 0.1) is 43.9 Å². The maximum Gasteiger partial charge on any atom is 0.198 e. The lowest BCUT2D eigenvalue weighted by Gasteiger charge is -2.13. The molecule has 0 fully saturated rings. The highest BCUT2D eigenvalue weighted by Crippen LogP contribution is 2.43. The van der Waals surface area contributed by atoms with Crippen molar-refractivity contribution in [3.05, 3.63) is 56.6 Å². The third kappa shape index (κ3) is 2.16. The summed E-state index contributed by atoms with van der Waals surface area (Å²) in [4.78, 5) is 17.9. The second-order valence-corrected chi connectivity index (χ2v) is 8.90. The number of halogens is 1. The van der Waals surface area contributed by atoms with Crippen LogP contribution < -0.4 is 5.43 Å². The third-order valence-electron chi connectivity index (χ3n) is 4.89. The fourth-order valence-corrected chi connectivity index (χ4v) is 5.72. The van der Waals surface area contributed by atoms with Crippen LogP contribution in [0.1, 0.15) is 16.8 Å². The van der Waals surface area contributed by atoms with E-state index in [9.17, 15) is 9.90 Å². The van der Waals surface area contributed by atoms with Crippen LogP contribution >= 0.6 is 39.4 Å². The Labute approximate surface area is 173 Å². The molecule has 2 aromatic carbocycles. The number of thioether (sulfide) groups is 1. The number of aromatic hydroxyl groups is 1. The van der Waals surface area contributed by atoms with Gasteiger partial charge in [-0.1, -0.05) is 0 Å². The van der Waals surface area contributed by atoms with E-state index in [0.717, 1.165) is 39.6 Å². The second-order valence-electron chi connectivity index (χ2n) is 6.45. The van der Waals surface area contributed by atoms with Crippen LogP contribution in [-0.4, -0.2) is 23.4 Å². The van der Waals surface area contributed by atoms with E-state index in [1.807, 2.05) is 12.1 Å². The molecule has 0 spiro atoms. The number of fused-ring (bicyclic) bond motifs is 6. The Balaban J connectivity index is 1.63. The number of hydrogen-bond acceptors (Lipinski definition) is 8. The number of rotatable bonds is 1. The highest BCUT2D eigenvalue weighted by atomic mass is 79.9. The summed E-state index contributed by atoms with van der Waals surface area (Å²) in [5, 5.41) is 10.0. The fourth-order valence-electron chi connectivity index (χ4n) is 3.61. The fraction of sp³-hybridized carbons (Fsp3) is 0.111. The van der Waals surface area contributed by atoms with Gasteiger partial charge in [-0.3, -0.25) is 4.79 Å². The van der Waals surface area contributed by atoms with E-state index in [1.54, 1.807) is 17.8 Å². The van der Waals surface area contributed by atoms with Gasteiger partial charge in [0.15, 0.2) is 5.43 Å². The first-order valence-electron chi connectivity index (χ1n) is 8.29. The molecule has 0 radical (unpaired) electrons. The summed E-state index contributed by atoms with van der Waals surface area (Å²) >= 11 is 6.05. The van der Waals surface area contributed by atoms with Crippen molar-refractivity contribution in [1.29, 1.82) is 0 Å². The van der Waals surface area contributed by atoms with Crippen molar-refractivity contribution in [2.45, 2.75) is 11.1 Å². The van der Waals surface area contributed by atoms with Crippen LogP contribution in [0.25, 0.3) is 33.0 Å². The molecule has 0 amide bonds. The van der Waals surface area contributed by atoms with Gasteiger partial charge in [-0.2, -0.15) is 8.75 Å². The predicted molar refractivity (Wildman–Crippen MR) is 112 cm³/mol. The molecule has 1 aliphatic heterocycles. The molecule has 1 unspecified atom stereocenters. The Bertz CT molecular complexity index is 1490. The number of aromatic nitrogens is 4. The van der Waals surface area contributed by atoms with Crippen molar-refractivity contribution in [2.24, 2.45) is 0 Å². The summed E-state index contributed by atoms with van der Waals surface area (Å²) in [5.41, 5.74) is 4.11. The minimum absolute atomic E-state index is 0.0277. The van der Waals surface area contributed by atoms with Crippen LogP contribution in [0.3, 0.4) is 0 Å². The van der Waals surface area contributed by atoms with E-state index in [2.05, 4.69) is 29.2 Å². The van der Waals surface area contributed by atoms with Crippen LogP contribution in [0, 0.1) is 0 Å². The van der Waals surface area contributed by atoms with Gasteiger partial charge in [0.25, 0.3) is 0 Å². The predicted octanol–water partition coefficient (Wildman–Crippen LogP) is 4.41. The molecule has 28 heavy (non-hydrogen) atoms. The normalized spacial score (nSPS) is 16.4. The Morgan fingerprint density at radius 2 is 2.11 bits per heavy atom. The lowest BCUT2D eigenvalue weighted by atomic mass is 10.1. The topological polar surface area (TPSA) is 94.0 Å². The standard InChI is InChI=1S/C18H9BrN4O3S2/c19-9-3-7-13(4-12(9)24)26-5-8(17(7)25)18-23-14(6-27-18)20-11-2-1-10-15(16(11)23)22-28-21-10/h1-5,18,24H,6H2. The lowest BCUT2D eigenvalue weighted by Crippen LogP contribution is -2.15. The first-order chi connectivity index (χ1) is 13.6. The molecule has 1 atom stereocenters. The van der Waals surface area contributed by atoms with Crippen molar-refractivity contribution in [3.8, 4) is 5.75 Å². The molecule has 1 N–H and O–H groups in total. The second kappa shape index (κ2) is 5.79. The van der Waals surface area contributed by atoms with Crippen LogP contribution in [0.15, 0.2) is 44.2 Å². The van der Waals surface area contributed by atoms with Crippen molar-refractivity contribution >= 4 is 72.5 Å². The highest BCUT2D eigenvalue weighted by molar-refractivity contribution is 9.10. The molecule has 6 rings (SSSR count). The summed E-state index contributed by atoms with van der Waals surface area (Å²) in [6, 6.07) is 6.89. The summed E-state index contributed by atoms with van der Waals surface area (Å²) in [7, 11) is 0. The first kappa shape index (κ1) is 16.5. The van der Waals surface area contributed by atoms with E-state index < -0.39 is 0 Å². The van der Waals surface area contributed by atoms with Crippen LogP contribution in [0.2, 0.25) is 0 Å². The molecule has 7 nitrogen and oxygen atoms in total. The molecule has 4 heterocycles. The summed E-state index contributed by atoms with van der Waals surface area (Å²) < 4.78 is 17.0. The SMILES string of the molecule is O=c1c(C2SCc3nc4ccc5nsnc5c4n32)coc2cc(O)c(Br)cc12. The van der Waals surface area contributed by atoms with Gasteiger partial charge in [0.2, 0.25) is 0 Å². The largest absolute Gasteiger partial charge is 0.507 e. The molecule has 0 saturated carbocycles. The number of phenolic OH excluding ortho intramolecular Hbond substituents is 1. The number of nitrogens with zero attached hydrogens (tertiary/aromatic N) is 4. The van der Waals surface area contributed by atoms with Gasteiger partial charge in [-0.25, -0.2) is 4.98 Å². The molecule has 0 bridgehead atoms. The van der Waals surface area contributed by atoms with Gasteiger partial charge in [-0.15, -0.1) is 11.8 Å². The van der Waals surface area contributed by atoms with Crippen molar-refractivity contribution in [3.63, 3.8) is 0 Å². The van der Waals surface area contributed by atoms with E-state index in [0.29, 0.717) is 26.8 Å². The van der Waals surface area contributed by atoms with Crippen LogP contribution in [-0.2, 0) is 5.75 Å². The summed E-state index contributed by atoms with van der Waals surface area (Å²) in [6.07, 6.45) is 1.48. The quantitative estimate of drug-likeness (QED) is 0.386. The molecule has 0 saturated heterocycles. The zero-order valence-electron chi connectivity index (χ0n) is 13.9. The number of hydrogen-bond donors (Lipinski definition) is 1. The minimum atomic E-state index is -0.263. The third-order valence-corrected chi connectivity index (χ3v) is 7.27. The molecule has 5 aromatic rings. The summed E-state index contributed by atoms with van der Waals surface area (Å²) in [5.74, 6) is 1.62. The Morgan fingerprint density at radius 1 is 1.25 bits per heavy atom. The van der Waals surface area contributed by atoms with Gasteiger partial charge in [0.1, 0.15) is 39.8 Å². The van der Waals surface area contributed by atoms with Crippen molar-refractivity contribution in [1.82, 2.24) is 18.3 Å². The van der Waals surface area contributed by atoms with E-state index in [4.69, 9.17) is 9.40 Å². The van der Waals surface area contributed by atoms with Gasteiger partial charge >= 0.3 is 0 Å². The molecule has 1 aliphatic rings. The average Bonchev–Trinajstić information content (AvgIpc) is 3.37. The average molecular weight is 473 g/mol. The number of benzene rings is 2. The van der Waals surface area contributed by atoms with Crippen molar-refractivity contribution in [2.75, 3.05) is 0 Å². The molecule has 10 heteroatoms. The Hall–Kier alpha value is -2.43. The highest BCUT2D eigenvalue weighted by Gasteiger charge is 2.31. The van der Waals surface area contributed by atoms with E-state index in [1.165, 1.54) is 12.3 Å². The number of phenols is 1. The Morgan fingerprint density at radius 3 is 3.00 bits per heavy atom. The molecule has 138 valence electrons. The zero-order valence-corrected chi connectivity index (χ0v) is 17.1. The van der Waals surface area contributed by atoms with Crippen molar-refractivity contribution < 1.29 is 9.52 Å². The van der Waals surface area contributed by atoms with E-state index in [-0.39, 0.29) is 16.6 Å². The number of imidazole rings is 1. The Kier molecular flexibility index (Phi) is 3.41. The van der Waals surface area contributed by atoms with Gasteiger partial charge < -0.3 is 14.1 Å². The first-order valence-corrected chi connectivity index (χ1v) is 10.9. The molecule has 3 aromatic heterocycles. The van der Waals surface area contributed by atoms with Gasteiger partial charge in [-0.05, 0) is 34.1 Å². The molecular formula is C18H9BrN4O3S2. The minimum Gasteiger partial charge on any atom is -0.507 e. The monoisotopic (exact) mass is 472 g/mol. The molecular weight excluding hydrogens is 464 g/mol. The lowest BCUT2D eigenvalue weighted by molar-refractivity contribution is 0.470.